The highest BCUT2D eigenvalue weighted by molar-refractivity contribution is 7.11. The second kappa shape index (κ2) is 11.6. The van der Waals surface area contributed by atoms with Crippen LogP contribution >= 0.6 is 11.3 Å². The molecule has 0 aliphatic rings. The standard InChI is InChI=1S/C25H26N4O2S/c1-3-29(4-2)21-14-12-19(13-15-21)17-23(27-24(30)20-9-6-5-7-10-20)25(31)28-26-18-22-11-8-16-32-22/h5-18H,3-4H2,1-2H3,(H,27,30)(H,28,31)/b23-17+,26-18?. The third kappa shape index (κ3) is 6.39. The quantitative estimate of drug-likeness (QED) is 0.288. The molecule has 32 heavy (non-hydrogen) atoms. The fourth-order valence-electron chi connectivity index (χ4n) is 3.06. The van der Waals surface area contributed by atoms with Crippen LogP contribution in [-0.2, 0) is 4.79 Å². The van der Waals surface area contributed by atoms with Crippen molar-refractivity contribution >= 4 is 41.1 Å². The van der Waals surface area contributed by atoms with E-state index < -0.39 is 5.91 Å². The van der Waals surface area contributed by atoms with Crippen LogP contribution in [0.2, 0.25) is 0 Å². The summed E-state index contributed by atoms with van der Waals surface area (Å²) in [6, 6.07) is 20.4. The van der Waals surface area contributed by atoms with Gasteiger partial charge in [-0.2, -0.15) is 5.10 Å². The van der Waals surface area contributed by atoms with Gasteiger partial charge in [-0.05, 0) is 61.2 Å². The van der Waals surface area contributed by atoms with Crippen LogP contribution in [-0.4, -0.2) is 31.1 Å². The van der Waals surface area contributed by atoms with Gasteiger partial charge in [0.25, 0.3) is 11.8 Å². The van der Waals surface area contributed by atoms with E-state index >= 15 is 0 Å². The Balaban J connectivity index is 1.81. The summed E-state index contributed by atoms with van der Waals surface area (Å²) in [6.45, 7) is 6.04. The number of benzene rings is 2. The third-order valence-electron chi connectivity index (χ3n) is 4.76. The van der Waals surface area contributed by atoms with Crippen LogP contribution in [0.1, 0.15) is 34.6 Å². The molecule has 0 saturated heterocycles. The molecule has 164 valence electrons. The number of hydrazone groups is 1. The maximum absolute atomic E-state index is 12.8. The molecule has 2 N–H and O–H groups in total. The lowest BCUT2D eigenvalue weighted by molar-refractivity contribution is -0.117. The Morgan fingerprint density at radius 2 is 1.69 bits per heavy atom. The molecule has 0 saturated carbocycles. The molecule has 0 atom stereocenters. The number of carbonyl (C=O) groups is 2. The summed E-state index contributed by atoms with van der Waals surface area (Å²) in [5.41, 5.74) is 4.96. The number of carbonyl (C=O) groups excluding carboxylic acids is 2. The maximum Gasteiger partial charge on any atom is 0.287 e. The second-order valence-corrected chi connectivity index (χ2v) is 7.84. The van der Waals surface area contributed by atoms with Crippen molar-refractivity contribution in [1.29, 1.82) is 0 Å². The highest BCUT2D eigenvalue weighted by Gasteiger charge is 2.14. The summed E-state index contributed by atoms with van der Waals surface area (Å²) in [5.74, 6) is -0.871. The van der Waals surface area contributed by atoms with Gasteiger partial charge in [0, 0.05) is 29.2 Å². The van der Waals surface area contributed by atoms with Crippen LogP contribution in [0.5, 0.6) is 0 Å². The Labute approximate surface area is 192 Å². The average Bonchev–Trinajstić information content (AvgIpc) is 3.34. The monoisotopic (exact) mass is 446 g/mol. The molecule has 0 fully saturated rings. The summed E-state index contributed by atoms with van der Waals surface area (Å²) in [7, 11) is 0. The van der Waals surface area contributed by atoms with E-state index in [4.69, 9.17) is 0 Å². The van der Waals surface area contributed by atoms with Crippen LogP contribution in [0, 0.1) is 0 Å². The molecule has 0 radical (unpaired) electrons. The lowest BCUT2D eigenvalue weighted by Crippen LogP contribution is -2.32. The third-order valence-corrected chi connectivity index (χ3v) is 5.57. The molecule has 0 spiro atoms. The topological polar surface area (TPSA) is 73.8 Å². The lowest BCUT2D eigenvalue weighted by atomic mass is 10.1. The van der Waals surface area contributed by atoms with Gasteiger partial charge in [-0.1, -0.05) is 36.4 Å². The predicted octanol–water partition coefficient (Wildman–Crippen LogP) is 4.52. The summed E-state index contributed by atoms with van der Waals surface area (Å²) >= 11 is 1.51. The molecule has 0 bridgehead atoms. The van der Waals surface area contributed by atoms with Gasteiger partial charge in [-0.3, -0.25) is 9.59 Å². The van der Waals surface area contributed by atoms with Gasteiger partial charge in [-0.25, -0.2) is 5.43 Å². The fourth-order valence-corrected chi connectivity index (χ4v) is 3.64. The Kier molecular flexibility index (Phi) is 8.34. The molecule has 2 aromatic carbocycles. The van der Waals surface area contributed by atoms with Crippen LogP contribution in [0.15, 0.2) is 82.9 Å². The van der Waals surface area contributed by atoms with Crippen LogP contribution in [0.4, 0.5) is 5.69 Å². The first-order valence-electron chi connectivity index (χ1n) is 10.4. The zero-order valence-corrected chi connectivity index (χ0v) is 18.9. The van der Waals surface area contributed by atoms with Crippen molar-refractivity contribution in [3.05, 3.63) is 93.8 Å². The van der Waals surface area contributed by atoms with Gasteiger partial charge < -0.3 is 10.2 Å². The first-order chi connectivity index (χ1) is 15.6. The minimum absolute atomic E-state index is 0.109. The average molecular weight is 447 g/mol. The molecule has 0 unspecified atom stereocenters. The molecular weight excluding hydrogens is 420 g/mol. The van der Waals surface area contributed by atoms with Gasteiger partial charge in [0.15, 0.2) is 0 Å². The zero-order valence-electron chi connectivity index (χ0n) is 18.1. The molecule has 3 rings (SSSR count). The van der Waals surface area contributed by atoms with Gasteiger partial charge in [0.05, 0.1) is 6.21 Å². The van der Waals surface area contributed by atoms with Gasteiger partial charge in [0.2, 0.25) is 0 Å². The molecule has 1 aromatic heterocycles. The first-order valence-corrected chi connectivity index (χ1v) is 11.3. The number of nitrogens with one attached hydrogen (secondary N) is 2. The number of hydrogen-bond acceptors (Lipinski definition) is 5. The number of nitrogens with zero attached hydrogens (tertiary/aromatic N) is 2. The molecule has 3 aromatic rings. The van der Waals surface area contributed by atoms with Crippen molar-refractivity contribution in [1.82, 2.24) is 10.7 Å². The number of rotatable bonds is 9. The number of amides is 2. The Morgan fingerprint density at radius 1 is 0.969 bits per heavy atom. The zero-order chi connectivity index (χ0) is 22.8. The van der Waals surface area contributed by atoms with E-state index in [0.717, 1.165) is 29.2 Å². The smallest absolute Gasteiger partial charge is 0.287 e. The first kappa shape index (κ1) is 23.0. The molecule has 2 amide bonds. The van der Waals surface area contributed by atoms with Crippen molar-refractivity contribution in [2.75, 3.05) is 18.0 Å². The van der Waals surface area contributed by atoms with Crippen molar-refractivity contribution in [3.8, 4) is 0 Å². The van der Waals surface area contributed by atoms with E-state index in [1.54, 1.807) is 36.6 Å². The molecule has 0 aliphatic carbocycles. The second-order valence-electron chi connectivity index (χ2n) is 6.86. The maximum atomic E-state index is 12.8. The molecule has 7 heteroatoms. The Hall–Kier alpha value is -3.71. The van der Waals surface area contributed by atoms with Crippen molar-refractivity contribution in [2.24, 2.45) is 5.10 Å². The van der Waals surface area contributed by atoms with Crippen molar-refractivity contribution in [2.45, 2.75) is 13.8 Å². The summed E-state index contributed by atoms with van der Waals surface area (Å²) < 4.78 is 0. The van der Waals surface area contributed by atoms with E-state index in [-0.39, 0.29) is 11.6 Å². The fraction of sp³-hybridized carbons (Fsp3) is 0.160. The van der Waals surface area contributed by atoms with Gasteiger partial charge >= 0.3 is 0 Å². The number of hydrogen-bond donors (Lipinski definition) is 2. The minimum Gasteiger partial charge on any atom is -0.372 e. The normalized spacial score (nSPS) is 11.4. The molecule has 6 nitrogen and oxygen atoms in total. The predicted molar refractivity (Wildman–Crippen MR) is 132 cm³/mol. The lowest BCUT2D eigenvalue weighted by Gasteiger charge is -2.20. The minimum atomic E-state index is -0.505. The summed E-state index contributed by atoms with van der Waals surface area (Å²) in [5, 5.41) is 8.64. The van der Waals surface area contributed by atoms with Crippen molar-refractivity contribution in [3.63, 3.8) is 0 Å². The van der Waals surface area contributed by atoms with Crippen molar-refractivity contribution < 1.29 is 9.59 Å². The summed E-state index contributed by atoms with van der Waals surface area (Å²) in [6.07, 6.45) is 3.21. The highest BCUT2D eigenvalue weighted by Crippen LogP contribution is 2.16. The summed E-state index contributed by atoms with van der Waals surface area (Å²) in [4.78, 5) is 28.6. The van der Waals surface area contributed by atoms with E-state index in [9.17, 15) is 9.59 Å². The molecular formula is C25H26N4O2S. The largest absolute Gasteiger partial charge is 0.372 e. The van der Waals surface area contributed by atoms with Crippen LogP contribution in [0.3, 0.4) is 0 Å². The van der Waals surface area contributed by atoms with E-state index in [2.05, 4.69) is 34.6 Å². The van der Waals surface area contributed by atoms with Crippen LogP contribution < -0.4 is 15.6 Å². The van der Waals surface area contributed by atoms with E-state index in [0.29, 0.717) is 5.56 Å². The number of thiophene rings is 1. The van der Waals surface area contributed by atoms with Crippen LogP contribution in [0.25, 0.3) is 6.08 Å². The number of anilines is 1. The highest BCUT2D eigenvalue weighted by atomic mass is 32.1. The molecule has 1 heterocycles. The van der Waals surface area contributed by atoms with Gasteiger partial charge in [0.1, 0.15) is 5.70 Å². The Morgan fingerprint density at radius 3 is 2.31 bits per heavy atom. The molecule has 0 aliphatic heterocycles. The SMILES string of the molecule is CCN(CC)c1ccc(/C=C(/NC(=O)c2ccccc2)C(=O)NN=Cc2cccs2)cc1. The van der Waals surface area contributed by atoms with E-state index in [1.807, 2.05) is 47.8 Å². The Bertz CT molecular complexity index is 1070. The van der Waals surface area contributed by atoms with E-state index in [1.165, 1.54) is 11.3 Å². The van der Waals surface area contributed by atoms with Gasteiger partial charge in [-0.15, -0.1) is 11.3 Å².